The van der Waals surface area contributed by atoms with Crippen LogP contribution in [0.15, 0.2) is 30.5 Å². The van der Waals surface area contributed by atoms with Gasteiger partial charge in [0.25, 0.3) is 0 Å². The molecule has 1 aromatic carbocycles. The van der Waals surface area contributed by atoms with Crippen molar-refractivity contribution in [2.45, 2.75) is 38.8 Å². The van der Waals surface area contributed by atoms with Gasteiger partial charge in [-0.25, -0.2) is 0 Å². The summed E-state index contributed by atoms with van der Waals surface area (Å²) in [5.74, 6) is 0.789. The first-order chi connectivity index (χ1) is 10.4. The average Bonchev–Trinajstić information content (AvgIpc) is 2.96. The van der Waals surface area contributed by atoms with E-state index in [-0.39, 0.29) is 5.41 Å². The van der Waals surface area contributed by atoms with Crippen LogP contribution in [0.1, 0.15) is 43.7 Å². The number of aromatic nitrogens is 2. The van der Waals surface area contributed by atoms with E-state index < -0.39 is 6.10 Å². The fourth-order valence-corrected chi connectivity index (χ4v) is 2.38. The molecule has 3 N–H and O–H groups in total. The van der Waals surface area contributed by atoms with Crippen molar-refractivity contribution in [3.63, 3.8) is 0 Å². The molecule has 0 amide bonds. The van der Waals surface area contributed by atoms with Gasteiger partial charge in [0.2, 0.25) is 0 Å². The minimum Gasteiger partial charge on any atom is -0.497 e. The number of H-pyrrole nitrogens is 1. The Morgan fingerprint density at radius 2 is 1.95 bits per heavy atom. The Bertz CT molecular complexity index is 585. The van der Waals surface area contributed by atoms with Gasteiger partial charge in [0.15, 0.2) is 0 Å². The van der Waals surface area contributed by atoms with Gasteiger partial charge in [-0.15, -0.1) is 0 Å². The van der Waals surface area contributed by atoms with E-state index in [0.717, 1.165) is 22.6 Å². The molecule has 0 spiro atoms. The summed E-state index contributed by atoms with van der Waals surface area (Å²) < 4.78 is 5.12. The third-order valence-electron chi connectivity index (χ3n) is 3.62. The Labute approximate surface area is 131 Å². The largest absolute Gasteiger partial charge is 0.497 e. The van der Waals surface area contributed by atoms with Gasteiger partial charge in [0.05, 0.1) is 19.4 Å². The van der Waals surface area contributed by atoms with Crippen molar-refractivity contribution in [2.75, 3.05) is 13.7 Å². The summed E-state index contributed by atoms with van der Waals surface area (Å²) in [7, 11) is 1.63. The molecule has 1 heterocycles. The first kappa shape index (κ1) is 16.5. The second-order valence-corrected chi connectivity index (χ2v) is 6.44. The van der Waals surface area contributed by atoms with Crippen LogP contribution in [-0.2, 0) is 12.0 Å². The molecule has 5 nitrogen and oxygen atoms in total. The monoisotopic (exact) mass is 303 g/mol. The molecule has 22 heavy (non-hydrogen) atoms. The summed E-state index contributed by atoms with van der Waals surface area (Å²) in [4.78, 5) is 0. The molecule has 120 valence electrons. The molecular weight excluding hydrogens is 278 g/mol. The van der Waals surface area contributed by atoms with Crippen LogP contribution in [0.25, 0.3) is 0 Å². The third-order valence-corrected chi connectivity index (χ3v) is 3.62. The fourth-order valence-electron chi connectivity index (χ4n) is 2.38. The van der Waals surface area contributed by atoms with E-state index in [2.05, 4.69) is 36.3 Å². The van der Waals surface area contributed by atoms with Gasteiger partial charge in [-0.1, -0.05) is 32.9 Å². The number of hydrogen-bond acceptors (Lipinski definition) is 4. The van der Waals surface area contributed by atoms with Gasteiger partial charge in [-0.05, 0) is 17.7 Å². The van der Waals surface area contributed by atoms with Crippen LogP contribution in [0.3, 0.4) is 0 Å². The predicted molar refractivity (Wildman–Crippen MR) is 86.9 cm³/mol. The highest BCUT2D eigenvalue weighted by Crippen LogP contribution is 2.23. The molecule has 0 aliphatic carbocycles. The smallest absolute Gasteiger partial charge is 0.118 e. The van der Waals surface area contributed by atoms with E-state index in [0.29, 0.717) is 13.1 Å². The number of methoxy groups -OCH3 is 1. The lowest BCUT2D eigenvalue weighted by Crippen LogP contribution is -2.23. The van der Waals surface area contributed by atoms with Gasteiger partial charge in [0.1, 0.15) is 5.75 Å². The molecule has 0 radical (unpaired) electrons. The summed E-state index contributed by atoms with van der Waals surface area (Å²) in [6.45, 7) is 7.61. The quantitative estimate of drug-likeness (QED) is 0.767. The summed E-state index contributed by atoms with van der Waals surface area (Å²) in [6, 6.07) is 7.46. The maximum absolute atomic E-state index is 10.2. The zero-order chi connectivity index (χ0) is 16.2. The van der Waals surface area contributed by atoms with Crippen molar-refractivity contribution in [3.05, 3.63) is 47.3 Å². The van der Waals surface area contributed by atoms with Crippen molar-refractivity contribution in [1.82, 2.24) is 15.5 Å². The molecule has 0 saturated heterocycles. The highest BCUT2D eigenvalue weighted by molar-refractivity contribution is 5.28. The lowest BCUT2D eigenvalue weighted by atomic mass is 9.89. The second kappa shape index (κ2) is 6.94. The molecule has 0 aliphatic rings. The van der Waals surface area contributed by atoms with Gasteiger partial charge in [0, 0.05) is 29.8 Å². The highest BCUT2D eigenvalue weighted by atomic mass is 16.5. The van der Waals surface area contributed by atoms with Crippen molar-refractivity contribution in [3.8, 4) is 5.75 Å². The van der Waals surface area contributed by atoms with Gasteiger partial charge in [-0.2, -0.15) is 5.10 Å². The van der Waals surface area contributed by atoms with Gasteiger partial charge < -0.3 is 15.2 Å². The highest BCUT2D eigenvalue weighted by Gasteiger charge is 2.19. The number of aliphatic hydroxyl groups is 1. The van der Waals surface area contributed by atoms with Crippen LogP contribution in [0.5, 0.6) is 5.75 Å². The zero-order valence-corrected chi connectivity index (χ0v) is 13.7. The number of nitrogens with zero attached hydrogens (tertiary/aromatic N) is 1. The normalized spacial score (nSPS) is 13.1. The molecule has 1 unspecified atom stereocenters. The lowest BCUT2D eigenvalue weighted by molar-refractivity contribution is 0.174. The van der Waals surface area contributed by atoms with Gasteiger partial charge in [-0.3, -0.25) is 5.10 Å². The SMILES string of the molecule is COc1ccc(C(O)CNCc2cn[nH]c2C(C)(C)C)cc1. The van der Waals surface area contributed by atoms with E-state index in [4.69, 9.17) is 4.74 Å². The van der Waals surface area contributed by atoms with Crippen molar-refractivity contribution in [2.24, 2.45) is 0 Å². The summed E-state index contributed by atoms with van der Waals surface area (Å²) >= 11 is 0. The third kappa shape index (κ3) is 4.08. The van der Waals surface area contributed by atoms with Gasteiger partial charge >= 0.3 is 0 Å². The Balaban J connectivity index is 1.89. The number of aliphatic hydroxyl groups excluding tert-OH is 1. The Morgan fingerprint density at radius 3 is 2.55 bits per heavy atom. The molecular formula is C17H25N3O2. The molecule has 5 heteroatoms. The topological polar surface area (TPSA) is 70.2 Å². The fraction of sp³-hybridized carbons (Fsp3) is 0.471. The van der Waals surface area contributed by atoms with E-state index >= 15 is 0 Å². The molecule has 2 rings (SSSR count). The molecule has 0 bridgehead atoms. The van der Waals surface area contributed by atoms with Crippen LogP contribution in [-0.4, -0.2) is 29.0 Å². The summed E-state index contributed by atoms with van der Waals surface area (Å²) in [6.07, 6.45) is 1.30. The molecule has 0 aliphatic heterocycles. The van der Waals surface area contributed by atoms with E-state index in [1.54, 1.807) is 7.11 Å². The van der Waals surface area contributed by atoms with Crippen LogP contribution in [0.2, 0.25) is 0 Å². The molecule has 2 aromatic rings. The first-order valence-electron chi connectivity index (χ1n) is 7.47. The van der Waals surface area contributed by atoms with Crippen molar-refractivity contribution >= 4 is 0 Å². The van der Waals surface area contributed by atoms with Crippen LogP contribution < -0.4 is 10.1 Å². The Morgan fingerprint density at radius 1 is 1.27 bits per heavy atom. The maximum Gasteiger partial charge on any atom is 0.118 e. The standard InChI is InChI=1S/C17H25N3O2/c1-17(2,3)16-13(10-19-20-16)9-18-11-15(21)12-5-7-14(22-4)8-6-12/h5-8,10,15,18,21H,9,11H2,1-4H3,(H,19,20). The number of hydrogen-bond donors (Lipinski definition) is 3. The number of benzene rings is 1. The van der Waals surface area contributed by atoms with Crippen LogP contribution in [0.4, 0.5) is 0 Å². The number of aromatic amines is 1. The van der Waals surface area contributed by atoms with Crippen LogP contribution >= 0.6 is 0 Å². The number of nitrogens with one attached hydrogen (secondary N) is 2. The lowest BCUT2D eigenvalue weighted by Gasteiger charge is -2.19. The number of rotatable bonds is 6. The maximum atomic E-state index is 10.2. The Hall–Kier alpha value is -1.85. The minimum absolute atomic E-state index is 0.0299. The average molecular weight is 303 g/mol. The Kier molecular flexibility index (Phi) is 5.21. The van der Waals surface area contributed by atoms with Crippen molar-refractivity contribution < 1.29 is 9.84 Å². The molecule has 0 fully saturated rings. The second-order valence-electron chi connectivity index (χ2n) is 6.44. The van der Waals surface area contributed by atoms with E-state index in [1.165, 1.54) is 0 Å². The van der Waals surface area contributed by atoms with Crippen molar-refractivity contribution in [1.29, 1.82) is 0 Å². The zero-order valence-electron chi connectivity index (χ0n) is 13.7. The molecule has 0 saturated carbocycles. The first-order valence-corrected chi connectivity index (χ1v) is 7.47. The van der Waals surface area contributed by atoms with E-state index in [1.807, 2.05) is 30.5 Å². The predicted octanol–water partition coefficient (Wildman–Crippen LogP) is 2.54. The number of ether oxygens (including phenoxy) is 1. The summed E-state index contributed by atoms with van der Waals surface area (Å²) in [5.41, 5.74) is 3.16. The van der Waals surface area contributed by atoms with E-state index in [9.17, 15) is 5.11 Å². The minimum atomic E-state index is -0.545. The van der Waals surface area contributed by atoms with Crippen LogP contribution in [0, 0.1) is 0 Å². The molecule has 1 atom stereocenters. The molecule has 1 aromatic heterocycles. The summed E-state index contributed by atoms with van der Waals surface area (Å²) in [5, 5.41) is 20.7.